The summed E-state index contributed by atoms with van der Waals surface area (Å²) < 4.78 is 5.53. The number of nitrogens with zero attached hydrogens (tertiary/aromatic N) is 1. The summed E-state index contributed by atoms with van der Waals surface area (Å²) in [6.45, 7) is 6.52. The van der Waals surface area contributed by atoms with Crippen LogP contribution in [0.25, 0.3) is 0 Å². The zero-order chi connectivity index (χ0) is 14.7. The summed E-state index contributed by atoms with van der Waals surface area (Å²) in [6.07, 6.45) is 0.0497. The Morgan fingerprint density at radius 2 is 2.10 bits per heavy atom. The second kappa shape index (κ2) is 6.05. The fraction of sp³-hybridized carbons (Fsp3) is 0.467. The van der Waals surface area contributed by atoms with Crippen molar-refractivity contribution in [3.05, 3.63) is 29.8 Å². The largest absolute Gasteiger partial charge is 0.375 e. The minimum atomic E-state index is -0.150. The summed E-state index contributed by atoms with van der Waals surface area (Å²) in [6, 6.07) is 7.07. The number of amides is 2. The molecule has 0 saturated carbocycles. The molecule has 0 aromatic heterocycles. The van der Waals surface area contributed by atoms with Crippen LogP contribution in [0.2, 0.25) is 0 Å². The Balaban J connectivity index is 2.17. The maximum atomic E-state index is 12.6. The Morgan fingerprint density at radius 1 is 1.35 bits per heavy atom. The average molecular weight is 276 g/mol. The lowest BCUT2D eigenvalue weighted by atomic mass is 10.1. The predicted octanol–water partition coefficient (Wildman–Crippen LogP) is 1.89. The van der Waals surface area contributed by atoms with Crippen LogP contribution in [0.1, 0.15) is 31.1 Å². The lowest BCUT2D eigenvalue weighted by Crippen LogP contribution is -2.50. The van der Waals surface area contributed by atoms with Crippen LogP contribution in [-0.4, -0.2) is 42.0 Å². The summed E-state index contributed by atoms with van der Waals surface area (Å²) >= 11 is 0. The zero-order valence-electron chi connectivity index (χ0n) is 12.1. The molecule has 0 spiro atoms. The fourth-order valence-corrected chi connectivity index (χ4v) is 2.29. The molecule has 0 aliphatic carbocycles. The Labute approximate surface area is 118 Å². The van der Waals surface area contributed by atoms with E-state index in [1.54, 1.807) is 24.3 Å². The van der Waals surface area contributed by atoms with Crippen molar-refractivity contribution in [2.24, 2.45) is 0 Å². The van der Waals surface area contributed by atoms with E-state index in [1.165, 1.54) is 6.92 Å². The van der Waals surface area contributed by atoms with Crippen LogP contribution in [0, 0.1) is 0 Å². The van der Waals surface area contributed by atoms with Gasteiger partial charge >= 0.3 is 0 Å². The van der Waals surface area contributed by atoms with Crippen LogP contribution >= 0.6 is 0 Å². The Kier molecular flexibility index (Phi) is 4.39. The van der Waals surface area contributed by atoms with Crippen LogP contribution < -0.4 is 5.32 Å². The minimum Gasteiger partial charge on any atom is -0.375 e. The van der Waals surface area contributed by atoms with E-state index >= 15 is 0 Å². The SMILES string of the molecule is CC(=O)Nc1cccc(C(=O)N2CC(C)OCC2C)c1. The molecule has 0 radical (unpaired) electrons. The van der Waals surface area contributed by atoms with Crippen molar-refractivity contribution in [1.29, 1.82) is 0 Å². The maximum Gasteiger partial charge on any atom is 0.254 e. The van der Waals surface area contributed by atoms with Gasteiger partial charge in [0.15, 0.2) is 0 Å². The molecule has 2 unspecified atom stereocenters. The fourth-order valence-electron chi connectivity index (χ4n) is 2.29. The molecule has 5 nitrogen and oxygen atoms in total. The third-order valence-electron chi connectivity index (χ3n) is 3.30. The van der Waals surface area contributed by atoms with Gasteiger partial charge in [-0.3, -0.25) is 9.59 Å². The van der Waals surface area contributed by atoms with E-state index in [4.69, 9.17) is 4.74 Å². The van der Waals surface area contributed by atoms with Crippen LogP contribution in [0.15, 0.2) is 24.3 Å². The van der Waals surface area contributed by atoms with E-state index in [0.29, 0.717) is 24.4 Å². The first-order valence-corrected chi connectivity index (χ1v) is 6.77. The third-order valence-corrected chi connectivity index (χ3v) is 3.30. The van der Waals surface area contributed by atoms with Crippen molar-refractivity contribution in [2.75, 3.05) is 18.5 Å². The van der Waals surface area contributed by atoms with Crippen LogP contribution in [0.3, 0.4) is 0 Å². The van der Waals surface area contributed by atoms with Gasteiger partial charge in [0.2, 0.25) is 5.91 Å². The van der Waals surface area contributed by atoms with Crippen molar-refractivity contribution >= 4 is 17.5 Å². The van der Waals surface area contributed by atoms with Gasteiger partial charge in [0.05, 0.1) is 18.8 Å². The summed E-state index contributed by atoms with van der Waals surface area (Å²) in [5.41, 5.74) is 1.22. The molecular weight excluding hydrogens is 256 g/mol. The molecule has 1 saturated heterocycles. The van der Waals surface area contributed by atoms with Crippen molar-refractivity contribution in [3.8, 4) is 0 Å². The molecule has 2 amide bonds. The highest BCUT2D eigenvalue weighted by Crippen LogP contribution is 2.18. The normalized spacial score (nSPS) is 22.4. The van der Waals surface area contributed by atoms with Crippen molar-refractivity contribution in [3.63, 3.8) is 0 Å². The zero-order valence-corrected chi connectivity index (χ0v) is 12.1. The molecule has 1 aromatic carbocycles. The van der Waals surface area contributed by atoms with E-state index in [0.717, 1.165) is 0 Å². The van der Waals surface area contributed by atoms with E-state index in [9.17, 15) is 9.59 Å². The average Bonchev–Trinajstić information content (AvgIpc) is 2.40. The molecule has 5 heteroatoms. The number of rotatable bonds is 2. The van der Waals surface area contributed by atoms with Gasteiger partial charge in [-0.15, -0.1) is 0 Å². The predicted molar refractivity (Wildman–Crippen MR) is 76.7 cm³/mol. The van der Waals surface area contributed by atoms with Gasteiger partial charge in [-0.05, 0) is 32.0 Å². The first kappa shape index (κ1) is 14.5. The third kappa shape index (κ3) is 3.36. The smallest absolute Gasteiger partial charge is 0.254 e. The molecule has 1 N–H and O–H groups in total. The lowest BCUT2D eigenvalue weighted by Gasteiger charge is -2.36. The van der Waals surface area contributed by atoms with Crippen LogP contribution in [0.5, 0.6) is 0 Å². The molecule has 1 fully saturated rings. The van der Waals surface area contributed by atoms with Crippen LogP contribution in [0.4, 0.5) is 5.69 Å². The molecule has 20 heavy (non-hydrogen) atoms. The summed E-state index contributed by atoms with van der Waals surface area (Å²) in [7, 11) is 0. The molecule has 0 bridgehead atoms. The molecule has 1 aliphatic rings. The number of morpholine rings is 1. The summed E-state index contributed by atoms with van der Waals surface area (Å²) in [4.78, 5) is 25.4. The van der Waals surface area contributed by atoms with Crippen molar-refractivity contribution in [2.45, 2.75) is 32.9 Å². The highest BCUT2D eigenvalue weighted by molar-refractivity contribution is 5.97. The number of hydrogen-bond acceptors (Lipinski definition) is 3. The topological polar surface area (TPSA) is 58.6 Å². The van der Waals surface area contributed by atoms with E-state index in [-0.39, 0.29) is 24.0 Å². The second-order valence-electron chi connectivity index (χ2n) is 5.21. The summed E-state index contributed by atoms with van der Waals surface area (Å²) in [5, 5.41) is 2.69. The van der Waals surface area contributed by atoms with E-state index in [1.807, 2.05) is 18.7 Å². The highest BCUT2D eigenvalue weighted by atomic mass is 16.5. The minimum absolute atomic E-state index is 0.0279. The first-order valence-electron chi connectivity index (χ1n) is 6.77. The Morgan fingerprint density at radius 3 is 2.80 bits per heavy atom. The monoisotopic (exact) mass is 276 g/mol. The Hall–Kier alpha value is -1.88. The van der Waals surface area contributed by atoms with Crippen molar-refractivity contribution in [1.82, 2.24) is 4.90 Å². The number of benzene rings is 1. The van der Waals surface area contributed by atoms with Gasteiger partial charge in [-0.25, -0.2) is 0 Å². The Bertz CT molecular complexity index is 516. The number of hydrogen-bond donors (Lipinski definition) is 1. The van der Waals surface area contributed by atoms with E-state index in [2.05, 4.69) is 5.32 Å². The number of nitrogens with one attached hydrogen (secondary N) is 1. The molecule has 1 aromatic rings. The molecule has 2 atom stereocenters. The quantitative estimate of drug-likeness (QED) is 0.897. The van der Waals surface area contributed by atoms with Gasteiger partial charge in [-0.1, -0.05) is 6.07 Å². The van der Waals surface area contributed by atoms with Gasteiger partial charge in [0, 0.05) is 24.7 Å². The van der Waals surface area contributed by atoms with Gasteiger partial charge in [0.25, 0.3) is 5.91 Å². The van der Waals surface area contributed by atoms with Crippen molar-refractivity contribution < 1.29 is 14.3 Å². The number of carbonyl (C=O) groups is 2. The van der Waals surface area contributed by atoms with E-state index < -0.39 is 0 Å². The maximum absolute atomic E-state index is 12.6. The second-order valence-corrected chi connectivity index (χ2v) is 5.21. The molecule has 1 heterocycles. The standard InChI is InChI=1S/C15H20N2O3/c1-10-9-20-11(2)8-17(10)15(19)13-5-4-6-14(7-13)16-12(3)18/h4-7,10-11H,8-9H2,1-3H3,(H,16,18). The molecule has 2 rings (SSSR count). The summed E-state index contributed by atoms with van der Waals surface area (Å²) in [5.74, 6) is -0.178. The highest BCUT2D eigenvalue weighted by Gasteiger charge is 2.28. The lowest BCUT2D eigenvalue weighted by molar-refractivity contribution is -0.114. The number of ether oxygens (including phenoxy) is 1. The molecule has 108 valence electrons. The van der Waals surface area contributed by atoms with Gasteiger partial charge in [0.1, 0.15) is 0 Å². The van der Waals surface area contributed by atoms with Gasteiger partial charge in [-0.2, -0.15) is 0 Å². The molecule has 1 aliphatic heterocycles. The number of carbonyl (C=O) groups excluding carboxylic acids is 2. The van der Waals surface area contributed by atoms with Crippen LogP contribution in [-0.2, 0) is 9.53 Å². The molecular formula is C15H20N2O3. The first-order chi connectivity index (χ1) is 9.47. The van der Waals surface area contributed by atoms with Gasteiger partial charge < -0.3 is 15.0 Å². The number of anilines is 1.